The summed E-state index contributed by atoms with van der Waals surface area (Å²) in [6.07, 6.45) is 0.275. The highest BCUT2D eigenvalue weighted by Crippen LogP contribution is 2.14. The molecule has 0 N–H and O–H groups in total. The van der Waals surface area contributed by atoms with Gasteiger partial charge in [0.05, 0.1) is 18.2 Å². The van der Waals surface area contributed by atoms with Gasteiger partial charge in [-0.05, 0) is 19.8 Å². The molecule has 0 atom stereocenters. The van der Waals surface area contributed by atoms with Gasteiger partial charge in [0.15, 0.2) is 5.01 Å². The van der Waals surface area contributed by atoms with Gasteiger partial charge in [0.25, 0.3) is 0 Å². The maximum atomic E-state index is 8.23. The molecule has 0 fully saturated rings. The van der Waals surface area contributed by atoms with E-state index in [0.717, 1.165) is 10.7 Å². The van der Waals surface area contributed by atoms with Crippen LogP contribution in [0.2, 0.25) is 0 Å². The number of aromatic nitrogens is 1. The summed E-state index contributed by atoms with van der Waals surface area (Å²) in [7, 11) is 0. The van der Waals surface area contributed by atoms with E-state index in [2.05, 4.69) is 16.8 Å². The van der Waals surface area contributed by atoms with Gasteiger partial charge in [-0.15, -0.1) is 11.3 Å². The van der Waals surface area contributed by atoms with E-state index in [4.69, 9.17) is 5.26 Å². The van der Waals surface area contributed by atoms with Crippen LogP contribution in [0.5, 0.6) is 0 Å². The summed E-state index contributed by atoms with van der Waals surface area (Å²) >= 11 is 1.57. The number of rotatable bonds is 0. The fourth-order valence-electron chi connectivity index (χ4n) is 0.686. The van der Waals surface area contributed by atoms with Gasteiger partial charge in [-0.25, -0.2) is 4.98 Å². The Kier molecular flexibility index (Phi) is 2.85. The minimum atomic E-state index is 0.275. The van der Waals surface area contributed by atoms with E-state index in [1.54, 1.807) is 11.3 Å². The summed E-state index contributed by atoms with van der Waals surface area (Å²) in [4.78, 5) is 5.41. The molecular formula is C9H8N2S. The largest absolute Gasteiger partial charge is 0.233 e. The molecular weight excluding hydrogens is 168 g/mol. The molecule has 0 aliphatic carbocycles. The van der Waals surface area contributed by atoms with Crippen LogP contribution in [0.3, 0.4) is 0 Å². The van der Waals surface area contributed by atoms with Crippen LogP contribution < -0.4 is 0 Å². The number of nitriles is 1. The minimum absolute atomic E-state index is 0.275. The summed E-state index contributed by atoms with van der Waals surface area (Å²) < 4.78 is 0. The number of aryl methyl sites for hydroxylation is 2. The van der Waals surface area contributed by atoms with E-state index in [1.807, 2.05) is 19.9 Å². The van der Waals surface area contributed by atoms with Crippen molar-refractivity contribution in [2.24, 2.45) is 0 Å². The maximum absolute atomic E-state index is 8.23. The molecule has 0 unspecified atom stereocenters. The van der Waals surface area contributed by atoms with Crippen LogP contribution in [0, 0.1) is 37.0 Å². The zero-order valence-corrected chi connectivity index (χ0v) is 7.83. The fourth-order valence-corrected chi connectivity index (χ4v) is 1.47. The van der Waals surface area contributed by atoms with Gasteiger partial charge in [0, 0.05) is 4.88 Å². The van der Waals surface area contributed by atoms with Crippen LogP contribution in [-0.4, -0.2) is 4.98 Å². The lowest BCUT2D eigenvalue weighted by atomic mass is 10.4. The Morgan fingerprint density at radius 1 is 1.50 bits per heavy atom. The standard InChI is InChI=1S/C9H8N2S/c1-7-8(2)12-9(11-7)5-3-4-6-10/h4H2,1-2H3. The van der Waals surface area contributed by atoms with E-state index < -0.39 is 0 Å². The molecule has 1 heterocycles. The maximum Gasteiger partial charge on any atom is 0.167 e. The lowest BCUT2D eigenvalue weighted by Crippen LogP contribution is -1.73. The van der Waals surface area contributed by atoms with Crippen molar-refractivity contribution < 1.29 is 0 Å². The quantitative estimate of drug-likeness (QED) is 0.567. The minimum Gasteiger partial charge on any atom is -0.233 e. The molecule has 0 radical (unpaired) electrons. The molecule has 1 rings (SSSR count). The second kappa shape index (κ2) is 3.90. The predicted octanol–water partition coefficient (Wildman–Crippen LogP) is 2.03. The molecule has 3 heteroatoms. The second-order valence-electron chi connectivity index (χ2n) is 2.30. The van der Waals surface area contributed by atoms with Crippen molar-refractivity contribution in [3.8, 4) is 17.9 Å². The normalized spacial score (nSPS) is 8.42. The van der Waals surface area contributed by atoms with Crippen LogP contribution in [0.25, 0.3) is 0 Å². The predicted molar refractivity (Wildman–Crippen MR) is 48.7 cm³/mol. The van der Waals surface area contributed by atoms with Gasteiger partial charge in [-0.3, -0.25) is 0 Å². The first-order valence-corrected chi connectivity index (χ1v) is 4.35. The van der Waals surface area contributed by atoms with Crippen LogP contribution in [0.1, 0.15) is 22.0 Å². The Labute approximate surface area is 75.9 Å². The van der Waals surface area contributed by atoms with Gasteiger partial charge in [-0.1, -0.05) is 5.92 Å². The summed E-state index contributed by atoms with van der Waals surface area (Å²) in [6, 6.07) is 1.96. The van der Waals surface area contributed by atoms with Gasteiger partial charge in [-0.2, -0.15) is 5.26 Å². The van der Waals surface area contributed by atoms with E-state index >= 15 is 0 Å². The molecule has 1 aromatic rings. The molecule has 0 aromatic carbocycles. The molecule has 2 nitrogen and oxygen atoms in total. The second-order valence-corrected chi connectivity index (χ2v) is 3.50. The molecule has 0 spiro atoms. The number of thiazole rings is 1. The number of hydrogen-bond acceptors (Lipinski definition) is 3. The van der Waals surface area contributed by atoms with Gasteiger partial charge in [0.2, 0.25) is 0 Å². The molecule has 12 heavy (non-hydrogen) atoms. The molecule has 0 bridgehead atoms. The molecule has 60 valence electrons. The van der Waals surface area contributed by atoms with Crippen LogP contribution in [-0.2, 0) is 0 Å². The van der Waals surface area contributed by atoms with Gasteiger partial charge < -0.3 is 0 Å². The van der Waals surface area contributed by atoms with Gasteiger partial charge in [0.1, 0.15) is 0 Å². The van der Waals surface area contributed by atoms with Crippen molar-refractivity contribution in [1.29, 1.82) is 5.26 Å². The van der Waals surface area contributed by atoms with Crippen LogP contribution >= 0.6 is 11.3 Å². The topological polar surface area (TPSA) is 36.7 Å². The van der Waals surface area contributed by atoms with Crippen molar-refractivity contribution in [3.63, 3.8) is 0 Å². The molecule has 0 amide bonds. The molecule has 0 saturated carbocycles. The Bertz CT molecular complexity index is 354. The number of hydrogen-bond donors (Lipinski definition) is 0. The summed E-state index contributed by atoms with van der Waals surface area (Å²) in [5.41, 5.74) is 1.03. The van der Waals surface area contributed by atoms with Crippen molar-refractivity contribution in [3.05, 3.63) is 15.6 Å². The Hall–Kier alpha value is -1.32. The average molecular weight is 176 g/mol. The summed E-state index contributed by atoms with van der Waals surface area (Å²) in [5, 5.41) is 9.04. The highest BCUT2D eigenvalue weighted by atomic mass is 32.1. The highest BCUT2D eigenvalue weighted by Gasteiger charge is 1.98. The van der Waals surface area contributed by atoms with Gasteiger partial charge >= 0.3 is 0 Å². The zero-order valence-electron chi connectivity index (χ0n) is 7.01. The van der Waals surface area contributed by atoms with E-state index in [0.29, 0.717) is 0 Å². The fraction of sp³-hybridized carbons (Fsp3) is 0.333. The lowest BCUT2D eigenvalue weighted by Gasteiger charge is -1.77. The average Bonchev–Trinajstić information content (AvgIpc) is 2.32. The molecule has 1 aromatic heterocycles. The number of nitrogens with zero attached hydrogens (tertiary/aromatic N) is 2. The summed E-state index contributed by atoms with van der Waals surface area (Å²) in [5.74, 6) is 5.57. The SMILES string of the molecule is Cc1nc(C#CCC#N)sc1C. The van der Waals surface area contributed by atoms with Crippen molar-refractivity contribution in [2.45, 2.75) is 20.3 Å². The molecule has 0 saturated heterocycles. The van der Waals surface area contributed by atoms with Crippen molar-refractivity contribution >= 4 is 11.3 Å². The summed E-state index contributed by atoms with van der Waals surface area (Å²) in [6.45, 7) is 3.98. The smallest absolute Gasteiger partial charge is 0.167 e. The van der Waals surface area contributed by atoms with Crippen LogP contribution in [0.4, 0.5) is 0 Å². The zero-order chi connectivity index (χ0) is 8.97. The Balaban J connectivity index is 2.80. The first-order chi connectivity index (χ1) is 5.74. The Morgan fingerprint density at radius 3 is 2.75 bits per heavy atom. The third kappa shape index (κ3) is 2.08. The lowest BCUT2D eigenvalue weighted by molar-refractivity contribution is 1.21. The molecule has 0 aliphatic heterocycles. The highest BCUT2D eigenvalue weighted by molar-refractivity contribution is 7.12. The van der Waals surface area contributed by atoms with E-state index in [1.165, 1.54) is 4.88 Å². The Morgan fingerprint density at radius 2 is 2.25 bits per heavy atom. The van der Waals surface area contributed by atoms with E-state index in [-0.39, 0.29) is 6.42 Å². The van der Waals surface area contributed by atoms with Crippen LogP contribution in [0.15, 0.2) is 0 Å². The van der Waals surface area contributed by atoms with Crippen molar-refractivity contribution in [1.82, 2.24) is 4.98 Å². The van der Waals surface area contributed by atoms with Crippen molar-refractivity contribution in [2.75, 3.05) is 0 Å². The third-order valence-corrected chi connectivity index (χ3v) is 2.38. The molecule has 0 aliphatic rings. The third-order valence-electron chi connectivity index (χ3n) is 1.39. The first-order valence-electron chi connectivity index (χ1n) is 3.54. The first kappa shape index (κ1) is 8.77. The monoisotopic (exact) mass is 176 g/mol. The van der Waals surface area contributed by atoms with E-state index in [9.17, 15) is 0 Å².